The fraction of sp³-hybridized carbons (Fsp3) is 0.400. The molecule has 0 fully saturated rings. The van der Waals surface area contributed by atoms with Crippen molar-refractivity contribution in [2.75, 3.05) is 6.61 Å². The Morgan fingerprint density at radius 2 is 2.07 bits per heavy atom. The second-order valence-corrected chi connectivity index (χ2v) is 4.02. The van der Waals surface area contributed by atoms with Gasteiger partial charge in [0.25, 0.3) is 6.43 Å². The molecular weight excluding hydrogens is 254 g/mol. The van der Waals surface area contributed by atoms with E-state index in [4.69, 9.17) is 5.11 Å². The topological polar surface area (TPSA) is 20.2 Å². The van der Waals surface area contributed by atoms with Crippen LogP contribution < -0.4 is 0 Å². The van der Waals surface area contributed by atoms with Gasteiger partial charge in [0.05, 0.1) is 0 Å². The molecule has 0 bridgehead atoms. The van der Waals surface area contributed by atoms with Crippen molar-refractivity contribution in [2.24, 2.45) is 0 Å². The molecule has 0 saturated carbocycles. The predicted molar refractivity (Wildman–Crippen MR) is 54.6 cm³/mol. The lowest BCUT2D eigenvalue weighted by Gasteiger charge is -2.10. The summed E-state index contributed by atoms with van der Waals surface area (Å²) >= 11 is 3.08. The number of halogens is 3. The third kappa shape index (κ3) is 2.51. The van der Waals surface area contributed by atoms with Crippen LogP contribution in [0.2, 0.25) is 0 Å². The molecule has 0 aliphatic carbocycles. The van der Waals surface area contributed by atoms with E-state index < -0.39 is 6.43 Å². The first-order valence-electron chi connectivity index (χ1n) is 4.24. The lowest BCUT2D eigenvalue weighted by molar-refractivity contribution is 0.150. The Bertz CT molecular complexity index is 315. The zero-order chi connectivity index (χ0) is 10.7. The maximum Gasteiger partial charge on any atom is 0.264 e. The number of benzene rings is 1. The van der Waals surface area contributed by atoms with Gasteiger partial charge in [-0.15, -0.1) is 0 Å². The first-order valence-corrected chi connectivity index (χ1v) is 5.04. The van der Waals surface area contributed by atoms with Crippen LogP contribution in [0, 0.1) is 0 Å². The summed E-state index contributed by atoms with van der Waals surface area (Å²) in [7, 11) is 0. The van der Waals surface area contributed by atoms with Crippen LogP contribution in [-0.2, 0) is 0 Å². The van der Waals surface area contributed by atoms with Crippen molar-refractivity contribution in [2.45, 2.75) is 19.3 Å². The van der Waals surface area contributed by atoms with E-state index in [1.54, 1.807) is 12.1 Å². The predicted octanol–water partition coefficient (Wildman–Crippen LogP) is 3.48. The molecule has 0 aliphatic heterocycles. The van der Waals surface area contributed by atoms with Gasteiger partial charge in [0.1, 0.15) is 0 Å². The Balaban J connectivity index is 3.00. The summed E-state index contributed by atoms with van der Waals surface area (Å²) in [5.74, 6) is -0.0296. The molecule has 0 radical (unpaired) electrons. The molecule has 0 aliphatic rings. The standard InChI is InChI=1S/C10H11BrF2O/c1-6(5-14)7-2-3-8(10(12)13)9(11)4-7/h2-4,6,10,14H,5H2,1H3. The zero-order valence-corrected chi connectivity index (χ0v) is 9.26. The van der Waals surface area contributed by atoms with Crippen molar-refractivity contribution in [3.05, 3.63) is 33.8 Å². The van der Waals surface area contributed by atoms with Crippen molar-refractivity contribution in [3.63, 3.8) is 0 Å². The Morgan fingerprint density at radius 1 is 1.43 bits per heavy atom. The molecule has 1 atom stereocenters. The minimum atomic E-state index is -2.47. The van der Waals surface area contributed by atoms with Crippen LogP contribution in [0.5, 0.6) is 0 Å². The van der Waals surface area contributed by atoms with Crippen molar-refractivity contribution in [1.29, 1.82) is 0 Å². The van der Waals surface area contributed by atoms with Crippen LogP contribution in [0.25, 0.3) is 0 Å². The molecule has 0 saturated heterocycles. The smallest absolute Gasteiger partial charge is 0.264 e. The van der Waals surface area contributed by atoms with Gasteiger partial charge in [-0.1, -0.05) is 35.0 Å². The van der Waals surface area contributed by atoms with Gasteiger partial charge in [-0.25, -0.2) is 8.78 Å². The first-order chi connectivity index (χ1) is 6.56. The third-order valence-corrected chi connectivity index (χ3v) is 2.79. The number of hydrogen-bond donors (Lipinski definition) is 1. The van der Waals surface area contributed by atoms with Gasteiger partial charge in [-0.05, 0) is 11.6 Å². The maximum atomic E-state index is 12.4. The van der Waals surface area contributed by atoms with Crippen LogP contribution in [0.1, 0.15) is 30.4 Å². The summed E-state index contributed by atoms with van der Waals surface area (Å²) < 4.78 is 25.1. The Morgan fingerprint density at radius 3 is 2.50 bits per heavy atom. The van der Waals surface area contributed by atoms with E-state index in [1.807, 2.05) is 6.92 Å². The molecule has 1 rings (SSSR count). The van der Waals surface area contributed by atoms with Crippen LogP contribution in [0.15, 0.2) is 22.7 Å². The molecule has 1 aromatic rings. The Kier molecular flexibility index (Phi) is 4.01. The number of aliphatic hydroxyl groups excluding tert-OH is 1. The lowest BCUT2D eigenvalue weighted by Crippen LogP contribution is -1.99. The fourth-order valence-electron chi connectivity index (χ4n) is 1.13. The number of hydrogen-bond acceptors (Lipinski definition) is 1. The van der Waals surface area contributed by atoms with Gasteiger partial charge in [0, 0.05) is 22.6 Å². The molecule has 1 unspecified atom stereocenters. The van der Waals surface area contributed by atoms with Crippen molar-refractivity contribution < 1.29 is 13.9 Å². The minimum Gasteiger partial charge on any atom is -0.396 e. The summed E-state index contributed by atoms with van der Waals surface area (Å²) in [6.07, 6.45) is -2.47. The first kappa shape index (κ1) is 11.6. The monoisotopic (exact) mass is 264 g/mol. The molecule has 0 heterocycles. The van der Waals surface area contributed by atoms with E-state index in [2.05, 4.69) is 15.9 Å². The van der Waals surface area contributed by atoms with E-state index in [1.165, 1.54) is 6.07 Å². The highest BCUT2D eigenvalue weighted by Gasteiger charge is 2.13. The normalized spacial score (nSPS) is 13.3. The molecule has 0 aromatic heterocycles. The average molecular weight is 265 g/mol. The maximum absolute atomic E-state index is 12.4. The molecule has 0 spiro atoms. The van der Waals surface area contributed by atoms with Crippen molar-refractivity contribution in [3.8, 4) is 0 Å². The highest BCUT2D eigenvalue weighted by atomic mass is 79.9. The van der Waals surface area contributed by atoms with Gasteiger partial charge in [-0.3, -0.25) is 0 Å². The minimum absolute atomic E-state index is 0.0144. The van der Waals surface area contributed by atoms with Crippen molar-refractivity contribution >= 4 is 15.9 Å². The Hall–Kier alpha value is -0.480. The molecule has 4 heteroatoms. The third-order valence-electron chi connectivity index (χ3n) is 2.10. The van der Waals surface area contributed by atoms with Gasteiger partial charge in [-0.2, -0.15) is 0 Å². The number of alkyl halides is 2. The fourth-order valence-corrected chi connectivity index (χ4v) is 1.70. The molecule has 1 aromatic carbocycles. The highest BCUT2D eigenvalue weighted by Crippen LogP contribution is 2.29. The number of aliphatic hydroxyl groups is 1. The average Bonchev–Trinajstić information content (AvgIpc) is 2.15. The Labute approximate surface area is 89.9 Å². The van der Waals surface area contributed by atoms with E-state index in [9.17, 15) is 8.78 Å². The van der Waals surface area contributed by atoms with E-state index in [-0.39, 0.29) is 18.1 Å². The molecule has 1 nitrogen and oxygen atoms in total. The van der Waals surface area contributed by atoms with Crippen LogP contribution in [0.4, 0.5) is 8.78 Å². The summed E-state index contributed by atoms with van der Waals surface area (Å²) in [5, 5.41) is 8.89. The van der Waals surface area contributed by atoms with Crippen LogP contribution in [-0.4, -0.2) is 11.7 Å². The van der Waals surface area contributed by atoms with E-state index >= 15 is 0 Å². The van der Waals surface area contributed by atoms with Crippen molar-refractivity contribution in [1.82, 2.24) is 0 Å². The number of rotatable bonds is 3. The zero-order valence-electron chi connectivity index (χ0n) is 7.67. The SMILES string of the molecule is CC(CO)c1ccc(C(F)F)c(Br)c1. The van der Waals surface area contributed by atoms with Gasteiger partial charge >= 0.3 is 0 Å². The van der Waals surface area contributed by atoms with Crippen LogP contribution >= 0.6 is 15.9 Å². The summed E-state index contributed by atoms with van der Waals surface area (Å²) in [6.45, 7) is 1.85. The summed E-state index contributed by atoms with van der Waals surface area (Å²) in [4.78, 5) is 0. The lowest BCUT2D eigenvalue weighted by atomic mass is 10.0. The molecular formula is C10H11BrF2O. The molecule has 1 N–H and O–H groups in total. The van der Waals surface area contributed by atoms with Crippen LogP contribution in [0.3, 0.4) is 0 Å². The summed E-state index contributed by atoms with van der Waals surface area (Å²) in [6, 6.07) is 4.63. The molecule has 14 heavy (non-hydrogen) atoms. The van der Waals surface area contributed by atoms with Gasteiger partial charge in [0.2, 0.25) is 0 Å². The van der Waals surface area contributed by atoms with Gasteiger partial charge in [0.15, 0.2) is 0 Å². The largest absolute Gasteiger partial charge is 0.396 e. The highest BCUT2D eigenvalue weighted by molar-refractivity contribution is 9.10. The second-order valence-electron chi connectivity index (χ2n) is 3.17. The van der Waals surface area contributed by atoms with E-state index in [0.29, 0.717) is 4.47 Å². The molecule has 0 amide bonds. The second kappa shape index (κ2) is 4.84. The summed E-state index contributed by atoms with van der Waals surface area (Å²) in [5.41, 5.74) is 0.836. The van der Waals surface area contributed by atoms with Gasteiger partial charge < -0.3 is 5.11 Å². The molecule has 78 valence electrons. The van der Waals surface area contributed by atoms with E-state index in [0.717, 1.165) is 5.56 Å². The quantitative estimate of drug-likeness (QED) is 0.887.